The van der Waals surface area contributed by atoms with E-state index in [4.69, 9.17) is 4.74 Å². The predicted octanol–water partition coefficient (Wildman–Crippen LogP) is 2.27. The van der Waals surface area contributed by atoms with Crippen molar-refractivity contribution < 1.29 is 4.74 Å². The molecule has 0 N–H and O–H groups in total. The second-order valence-electron chi connectivity index (χ2n) is 2.61. The number of hydrogen-bond acceptors (Lipinski definition) is 1. The highest BCUT2D eigenvalue weighted by Gasteiger charge is 2.02. The summed E-state index contributed by atoms with van der Waals surface area (Å²) in [4.78, 5) is 0. The Morgan fingerprint density at radius 1 is 1.44 bits per heavy atom. The van der Waals surface area contributed by atoms with Crippen LogP contribution in [-0.4, -0.2) is 12.7 Å². The lowest BCUT2D eigenvalue weighted by Crippen LogP contribution is -2.10. The lowest BCUT2D eigenvalue weighted by molar-refractivity contribution is 0.0637. The van der Waals surface area contributed by atoms with Gasteiger partial charge in [-0.25, -0.2) is 0 Å². The van der Waals surface area contributed by atoms with Crippen LogP contribution in [0.1, 0.15) is 27.2 Å². The van der Waals surface area contributed by atoms with Crippen LogP contribution in [0.2, 0.25) is 0 Å². The predicted molar refractivity (Wildman–Crippen MR) is 40.2 cm³/mol. The summed E-state index contributed by atoms with van der Waals surface area (Å²) < 4.78 is 5.31. The maximum atomic E-state index is 5.31. The van der Waals surface area contributed by atoms with E-state index in [1.165, 1.54) is 0 Å². The third kappa shape index (κ3) is 5.84. The molecule has 0 rings (SSSR count). The van der Waals surface area contributed by atoms with Gasteiger partial charge < -0.3 is 4.74 Å². The quantitative estimate of drug-likeness (QED) is 0.565. The maximum absolute atomic E-state index is 5.31. The molecule has 0 aliphatic heterocycles. The third-order valence-corrected chi connectivity index (χ3v) is 1.19. The van der Waals surface area contributed by atoms with Gasteiger partial charge in [0.1, 0.15) is 0 Å². The molecule has 0 aliphatic carbocycles. The van der Waals surface area contributed by atoms with Gasteiger partial charge in [0.15, 0.2) is 0 Å². The topological polar surface area (TPSA) is 9.23 Å². The molecule has 0 saturated heterocycles. The smallest absolute Gasteiger partial charge is 0.0549 e. The minimum absolute atomic E-state index is 0.377. The molecule has 2 unspecified atom stereocenters. The summed E-state index contributed by atoms with van der Waals surface area (Å²) >= 11 is 0. The van der Waals surface area contributed by atoms with E-state index < -0.39 is 0 Å². The monoisotopic (exact) mass is 129 g/mol. The Morgan fingerprint density at radius 2 is 2.00 bits per heavy atom. The van der Waals surface area contributed by atoms with Crippen LogP contribution in [0.3, 0.4) is 0 Å². The Morgan fingerprint density at radius 3 is 2.33 bits per heavy atom. The number of hydrogen-bond donors (Lipinski definition) is 0. The van der Waals surface area contributed by atoms with E-state index in [1.54, 1.807) is 0 Å². The second kappa shape index (κ2) is 4.80. The van der Waals surface area contributed by atoms with Crippen molar-refractivity contribution in [2.45, 2.75) is 33.3 Å². The molecule has 1 nitrogen and oxygen atoms in total. The molecule has 0 aromatic rings. The van der Waals surface area contributed by atoms with Gasteiger partial charge in [0.2, 0.25) is 0 Å². The fraction of sp³-hybridized carbons (Fsp3) is 0.875. The summed E-state index contributed by atoms with van der Waals surface area (Å²) in [5, 5.41) is 0. The first-order valence-electron chi connectivity index (χ1n) is 3.61. The molecule has 55 valence electrons. The van der Waals surface area contributed by atoms with E-state index in [2.05, 4.69) is 20.8 Å². The Kier molecular flexibility index (Phi) is 4.78. The van der Waals surface area contributed by atoms with Gasteiger partial charge in [0.25, 0.3) is 0 Å². The SMILES string of the molecule is [CH2]C(C)CC(C)OCC. The molecule has 0 aliphatic rings. The Balaban J connectivity index is 3.15. The summed E-state index contributed by atoms with van der Waals surface area (Å²) in [6.07, 6.45) is 1.44. The molecule has 0 amide bonds. The molecule has 0 spiro atoms. The molecule has 9 heavy (non-hydrogen) atoms. The van der Waals surface area contributed by atoms with Gasteiger partial charge >= 0.3 is 0 Å². The lowest BCUT2D eigenvalue weighted by atomic mass is 10.1. The van der Waals surface area contributed by atoms with Crippen LogP contribution >= 0.6 is 0 Å². The van der Waals surface area contributed by atoms with Crippen LogP contribution in [0.25, 0.3) is 0 Å². The fourth-order valence-electron chi connectivity index (χ4n) is 0.919. The van der Waals surface area contributed by atoms with Gasteiger partial charge in [-0.3, -0.25) is 0 Å². The molecule has 1 heteroatoms. The van der Waals surface area contributed by atoms with Crippen LogP contribution in [0, 0.1) is 12.8 Å². The molecule has 2 atom stereocenters. The molecule has 0 heterocycles. The van der Waals surface area contributed by atoms with Crippen molar-refractivity contribution >= 4 is 0 Å². The Bertz CT molecular complexity index is 59.6. The first-order valence-corrected chi connectivity index (χ1v) is 3.61. The van der Waals surface area contributed by atoms with Crippen LogP contribution < -0.4 is 0 Å². The molecule has 0 aromatic heterocycles. The summed E-state index contributed by atoms with van der Waals surface area (Å²) in [5.74, 6) is 0.506. The second-order valence-corrected chi connectivity index (χ2v) is 2.61. The number of ether oxygens (including phenoxy) is 1. The third-order valence-electron chi connectivity index (χ3n) is 1.19. The van der Waals surface area contributed by atoms with Crippen LogP contribution in [0.15, 0.2) is 0 Å². The highest BCUT2D eigenvalue weighted by molar-refractivity contribution is 4.59. The van der Waals surface area contributed by atoms with Crippen molar-refractivity contribution in [1.29, 1.82) is 0 Å². The van der Waals surface area contributed by atoms with E-state index in [0.29, 0.717) is 12.0 Å². The van der Waals surface area contributed by atoms with Gasteiger partial charge in [-0.1, -0.05) is 13.8 Å². The Labute approximate surface area is 58.4 Å². The highest BCUT2D eigenvalue weighted by Crippen LogP contribution is 2.05. The molecular weight excluding hydrogens is 112 g/mol. The highest BCUT2D eigenvalue weighted by atomic mass is 16.5. The molecule has 0 aromatic carbocycles. The summed E-state index contributed by atoms with van der Waals surface area (Å²) in [5.41, 5.74) is 0. The minimum Gasteiger partial charge on any atom is -0.379 e. The molecule has 0 fully saturated rings. The van der Waals surface area contributed by atoms with Crippen molar-refractivity contribution in [3.63, 3.8) is 0 Å². The van der Waals surface area contributed by atoms with E-state index >= 15 is 0 Å². The zero-order chi connectivity index (χ0) is 7.28. The standard InChI is InChI=1S/C8H17O/c1-5-9-8(4)6-7(2)3/h7-8H,2,5-6H2,1,3-4H3. The van der Waals surface area contributed by atoms with E-state index in [1.807, 2.05) is 6.92 Å². The zero-order valence-electron chi connectivity index (χ0n) is 6.68. The lowest BCUT2D eigenvalue weighted by Gasteiger charge is -2.12. The van der Waals surface area contributed by atoms with E-state index in [0.717, 1.165) is 13.0 Å². The average molecular weight is 129 g/mol. The van der Waals surface area contributed by atoms with Crippen LogP contribution in [-0.2, 0) is 4.74 Å². The van der Waals surface area contributed by atoms with Gasteiger partial charge in [0.05, 0.1) is 6.10 Å². The summed E-state index contributed by atoms with van der Waals surface area (Å²) in [6, 6.07) is 0. The Hall–Kier alpha value is -0.0400. The van der Waals surface area contributed by atoms with Gasteiger partial charge in [0, 0.05) is 6.61 Å². The molecule has 0 saturated carbocycles. The molecular formula is C8H17O. The van der Waals surface area contributed by atoms with Crippen molar-refractivity contribution in [2.75, 3.05) is 6.61 Å². The first kappa shape index (κ1) is 8.96. The van der Waals surface area contributed by atoms with E-state index in [9.17, 15) is 0 Å². The van der Waals surface area contributed by atoms with Gasteiger partial charge in [-0.15, -0.1) is 0 Å². The zero-order valence-corrected chi connectivity index (χ0v) is 6.68. The first-order chi connectivity index (χ1) is 4.16. The molecule has 1 radical (unpaired) electrons. The van der Waals surface area contributed by atoms with Crippen LogP contribution in [0.4, 0.5) is 0 Å². The minimum atomic E-state index is 0.377. The normalized spacial score (nSPS) is 14.3. The number of rotatable bonds is 4. The fourth-order valence-corrected chi connectivity index (χ4v) is 0.919. The summed E-state index contributed by atoms with van der Waals surface area (Å²) in [6.45, 7) is 10.9. The van der Waals surface area contributed by atoms with Gasteiger partial charge in [-0.2, -0.15) is 0 Å². The van der Waals surface area contributed by atoms with Crippen molar-refractivity contribution in [3.05, 3.63) is 6.92 Å². The largest absolute Gasteiger partial charge is 0.379 e. The van der Waals surface area contributed by atoms with Crippen molar-refractivity contribution in [1.82, 2.24) is 0 Å². The average Bonchev–Trinajstić information content (AvgIpc) is 1.63. The maximum Gasteiger partial charge on any atom is 0.0549 e. The van der Waals surface area contributed by atoms with E-state index in [-0.39, 0.29) is 0 Å². The molecule has 0 bridgehead atoms. The van der Waals surface area contributed by atoms with Crippen molar-refractivity contribution in [2.24, 2.45) is 5.92 Å². The summed E-state index contributed by atoms with van der Waals surface area (Å²) in [7, 11) is 0. The van der Waals surface area contributed by atoms with Gasteiger partial charge in [-0.05, 0) is 26.2 Å². The van der Waals surface area contributed by atoms with Crippen LogP contribution in [0.5, 0.6) is 0 Å². The van der Waals surface area contributed by atoms with Crippen molar-refractivity contribution in [3.8, 4) is 0 Å².